The van der Waals surface area contributed by atoms with E-state index in [4.69, 9.17) is 12.2 Å². The van der Waals surface area contributed by atoms with E-state index in [1.165, 1.54) is 5.56 Å². The van der Waals surface area contributed by atoms with Gasteiger partial charge in [-0.25, -0.2) is 0 Å². The molecule has 0 aliphatic carbocycles. The average Bonchev–Trinajstić information content (AvgIpc) is 2.37. The maximum atomic E-state index is 5.37. The highest BCUT2D eigenvalue weighted by molar-refractivity contribution is 9.10. The van der Waals surface area contributed by atoms with Crippen LogP contribution in [0.3, 0.4) is 0 Å². The van der Waals surface area contributed by atoms with Gasteiger partial charge in [0, 0.05) is 16.2 Å². The van der Waals surface area contributed by atoms with Crippen molar-refractivity contribution in [2.75, 3.05) is 25.5 Å². The summed E-state index contributed by atoms with van der Waals surface area (Å²) in [5.74, 6) is 0. The van der Waals surface area contributed by atoms with Gasteiger partial charge in [0.15, 0.2) is 5.11 Å². The third kappa shape index (κ3) is 4.44. The van der Waals surface area contributed by atoms with Crippen LogP contribution in [0.2, 0.25) is 0 Å². The smallest absolute Gasteiger partial charge is 0.170 e. The fourth-order valence-corrected chi connectivity index (χ4v) is 2.76. The normalized spacial score (nSPS) is 17.2. The van der Waals surface area contributed by atoms with Crippen molar-refractivity contribution >= 4 is 38.9 Å². The first kappa shape index (κ1) is 14.8. The van der Waals surface area contributed by atoms with Crippen LogP contribution in [-0.4, -0.2) is 36.2 Å². The Morgan fingerprint density at radius 2 is 2.05 bits per heavy atom. The lowest BCUT2D eigenvalue weighted by Crippen LogP contribution is -2.44. The average molecular weight is 342 g/mol. The molecule has 2 rings (SSSR count). The van der Waals surface area contributed by atoms with Crippen molar-refractivity contribution in [3.05, 3.63) is 28.2 Å². The van der Waals surface area contributed by atoms with Crippen LogP contribution in [-0.2, 0) is 0 Å². The molecule has 1 aliphatic rings. The third-order valence-corrected chi connectivity index (χ3v) is 4.58. The molecule has 1 heterocycles. The lowest BCUT2D eigenvalue weighted by molar-refractivity contribution is 0.247. The molecule has 1 saturated heterocycles. The summed E-state index contributed by atoms with van der Waals surface area (Å²) in [5.41, 5.74) is 2.23. The number of aryl methyl sites for hydroxylation is 1. The fraction of sp³-hybridized carbons (Fsp3) is 0.500. The number of hydrogen-bond donors (Lipinski definition) is 2. The molecule has 0 aromatic heterocycles. The van der Waals surface area contributed by atoms with E-state index in [2.05, 4.69) is 51.5 Å². The van der Waals surface area contributed by atoms with Crippen LogP contribution in [0.4, 0.5) is 5.69 Å². The number of nitrogens with one attached hydrogen (secondary N) is 2. The molecule has 0 amide bonds. The van der Waals surface area contributed by atoms with Gasteiger partial charge in [-0.05, 0) is 75.9 Å². The van der Waals surface area contributed by atoms with Gasteiger partial charge in [0.1, 0.15) is 0 Å². The number of halogens is 1. The number of hydrogen-bond acceptors (Lipinski definition) is 2. The zero-order valence-corrected chi connectivity index (χ0v) is 13.8. The van der Waals surface area contributed by atoms with Crippen molar-refractivity contribution in [1.82, 2.24) is 10.2 Å². The number of likely N-dealkylation sites (tertiary alicyclic amines) is 1. The molecule has 0 unspecified atom stereocenters. The van der Waals surface area contributed by atoms with E-state index >= 15 is 0 Å². The number of nitrogens with zero attached hydrogens (tertiary/aromatic N) is 1. The molecule has 104 valence electrons. The van der Waals surface area contributed by atoms with Crippen molar-refractivity contribution in [3.8, 4) is 0 Å². The van der Waals surface area contributed by atoms with Crippen molar-refractivity contribution in [2.24, 2.45) is 0 Å². The molecule has 0 saturated carbocycles. The number of rotatable bonds is 2. The van der Waals surface area contributed by atoms with Crippen molar-refractivity contribution in [2.45, 2.75) is 25.8 Å². The van der Waals surface area contributed by atoms with Gasteiger partial charge in [0.25, 0.3) is 0 Å². The molecular weight excluding hydrogens is 322 g/mol. The number of anilines is 1. The minimum absolute atomic E-state index is 0.493. The van der Waals surface area contributed by atoms with Gasteiger partial charge in [-0.3, -0.25) is 0 Å². The summed E-state index contributed by atoms with van der Waals surface area (Å²) < 4.78 is 1.12. The first-order valence-electron chi connectivity index (χ1n) is 6.57. The number of thiocarbonyl (C=S) groups is 1. The van der Waals surface area contributed by atoms with E-state index in [0.717, 1.165) is 41.2 Å². The van der Waals surface area contributed by atoms with Gasteiger partial charge in [-0.1, -0.05) is 15.9 Å². The SMILES string of the molecule is Cc1cc(NC(=S)NC2CCN(C)CC2)ccc1Br. The Balaban J connectivity index is 1.85. The van der Waals surface area contributed by atoms with E-state index in [1.54, 1.807) is 0 Å². The van der Waals surface area contributed by atoms with E-state index in [-0.39, 0.29) is 0 Å². The Labute approximate surface area is 128 Å². The van der Waals surface area contributed by atoms with E-state index in [1.807, 2.05) is 12.1 Å². The Hall–Kier alpha value is -0.650. The summed E-state index contributed by atoms with van der Waals surface area (Å²) in [5, 5.41) is 7.38. The second-order valence-electron chi connectivity index (χ2n) is 5.14. The number of piperidine rings is 1. The standard InChI is InChI=1S/C14H20BrN3S/c1-10-9-12(3-4-13(10)15)17-14(19)16-11-5-7-18(2)8-6-11/h3-4,9,11H,5-8H2,1-2H3,(H2,16,17,19). The lowest BCUT2D eigenvalue weighted by Gasteiger charge is -2.30. The quantitative estimate of drug-likeness (QED) is 0.808. The fourth-order valence-electron chi connectivity index (χ4n) is 2.23. The molecular formula is C14H20BrN3S. The topological polar surface area (TPSA) is 27.3 Å². The molecule has 1 aromatic rings. The van der Waals surface area contributed by atoms with E-state index in [0.29, 0.717) is 6.04 Å². The summed E-state index contributed by atoms with van der Waals surface area (Å²) in [6.07, 6.45) is 2.30. The highest BCUT2D eigenvalue weighted by Gasteiger charge is 2.16. The van der Waals surface area contributed by atoms with Crippen molar-refractivity contribution < 1.29 is 0 Å². The van der Waals surface area contributed by atoms with E-state index < -0.39 is 0 Å². The highest BCUT2D eigenvalue weighted by Crippen LogP contribution is 2.20. The van der Waals surface area contributed by atoms with Crippen LogP contribution < -0.4 is 10.6 Å². The zero-order chi connectivity index (χ0) is 13.8. The second-order valence-corrected chi connectivity index (χ2v) is 6.40. The molecule has 2 N–H and O–H groups in total. The monoisotopic (exact) mass is 341 g/mol. The Bertz CT molecular complexity index is 456. The molecule has 0 atom stereocenters. The Morgan fingerprint density at radius 3 is 2.68 bits per heavy atom. The number of benzene rings is 1. The van der Waals surface area contributed by atoms with Gasteiger partial charge in [0.2, 0.25) is 0 Å². The van der Waals surface area contributed by atoms with Crippen molar-refractivity contribution in [3.63, 3.8) is 0 Å². The summed E-state index contributed by atoms with van der Waals surface area (Å²) in [4.78, 5) is 2.35. The van der Waals surface area contributed by atoms with Crippen LogP contribution >= 0.6 is 28.1 Å². The molecule has 1 aliphatic heterocycles. The Morgan fingerprint density at radius 1 is 1.37 bits per heavy atom. The third-order valence-electron chi connectivity index (χ3n) is 3.47. The maximum Gasteiger partial charge on any atom is 0.170 e. The summed E-state index contributed by atoms with van der Waals surface area (Å²) in [6.45, 7) is 4.35. The minimum atomic E-state index is 0.493. The molecule has 0 spiro atoms. The minimum Gasteiger partial charge on any atom is -0.360 e. The maximum absolute atomic E-state index is 5.37. The zero-order valence-electron chi connectivity index (χ0n) is 11.4. The van der Waals surface area contributed by atoms with Gasteiger partial charge < -0.3 is 15.5 Å². The van der Waals surface area contributed by atoms with Crippen LogP contribution in [0.5, 0.6) is 0 Å². The highest BCUT2D eigenvalue weighted by atomic mass is 79.9. The summed E-state index contributed by atoms with van der Waals surface area (Å²) in [7, 11) is 2.16. The van der Waals surface area contributed by atoms with Gasteiger partial charge in [-0.2, -0.15) is 0 Å². The van der Waals surface area contributed by atoms with Gasteiger partial charge in [0.05, 0.1) is 0 Å². The molecule has 1 aromatic carbocycles. The molecule has 19 heavy (non-hydrogen) atoms. The van der Waals surface area contributed by atoms with Crippen LogP contribution in [0.15, 0.2) is 22.7 Å². The first-order chi connectivity index (χ1) is 9.04. The predicted octanol–water partition coefficient (Wildman–Crippen LogP) is 3.14. The molecule has 5 heteroatoms. The second kappa shape index (κ2) is 6.68. The summed E-state index contributed by atoms with van der Waals surface area (Å²) in [6, 6.07) is 6.65. The molecule has 0 radical (unpaired) electrons. The molecule has 1 fully saturated rings. The first-order valence-corrected chi connectivity index (χ1v) is 7.77. The van der Waals surface area contributed by atoms with Gasteiger partial charge >= 0.3 is 0 Å². The van der Waals surface area contributed by atoms with Crippen LogP contribution in [0.25, 0.3) is 0 Å². The summed E-state index contributed by atoms with van der Waals surface area (Å²) >= 11 is 8.87. The van der Waals surface area contributed by atoms with E-state index in [9.17, 15) is 0 Å². The lowest BCUT2D eigenvalue weighted by atomic mass is 10.1. The van der Waals surface area contributed by atoms with Crippen molar-refractivity contribution in [1.29, 1.82) is 0 Å². The largest absolute Gasteiger partial charge is 0.360 e. The van der Waals surface area contributed by atoms with Crippen LogP contribution in [0.1, 0.15) is 18.4 Å². The van der Waals surface area contributed by atoms with Crippen LogP contribution in [0, 0.1) is 6.92 Å². The van der Waals surface area contributed by atoms with Gasteiger partial charge in [-0.15, -0.1) is 0 Å². The molecule has 3 nitrogen and oxygen atoms in total. The molecule has 0 bridgehead atoms. The predicted molar refractivity (Wildman–Crippen MR) is 88.8 cm³/mol. The Kier molecular flexibility index (Phi) is 5.19.